The second-order valence-corrected chi connectivity index (χ2v) is 7.23. The predicted molar refractivity (Wildman–Crippen MR) is 111 cm³/mol. The molecule has 0 aliphatic heterocycles. The van der Waals surface area contributed by atoms with Gasteiger partial charge in [-0.3, -0.25) is 9.47 Å². The first kappa shape index (κ1) is 19.6. The number of likely N-dealkylation sites (N-methyl/N-ethyl adjacent to an activating group) is 1. The van der Waals surface area contributed by atoms with Crippen LogP contribution in [0.5, 0.6) is 5.75 Å². The Labute approximate surface area is 169 Å². The number of nitrogens with zero attached hydrogens (tertiary/aromatic N) is 4. The van der Waals surface area contributed by atoms with Crippen molar-refractivity contribution in [2.75, 3.05) is 20.2 Å². The Hall–Kier alpha value is -2.15. The van der Waals surface area contributed by atoms with Gasteiger partial charge in [-0.05, 0) is 56.0 Å². The lowest BCUT2D eigenvalue weighted by Crippen LogP contribution is -2.27. The molecular weight excluding hydrogens is 380 g/mol. The summed E-state index contributed by atoms with van der Waals surface area (Å²) in [6, 6.07) is 17.7. The van der Waals surface area contributed by atoms with Gasteiger partial charge in [0.2, 0.25) is 0 Å². The number of aromatic nitrogens is 3. The van der Waals surface area contributed by atoms with Crippen molar-refractivity contribution < 1.29 is 4.74 Å². The Balaban J connectivity index is 1.56. The second-order valence-electron chi connectivity index (χ2n) is 6.42. The molecule has 0 saturated heterocycles. The summed E-state index contributed by atoms with van der Waals surface area (Å²) in [5, 5.41) is 5.30. The molecule has 1 aromatic heterocycles. The molecular formula is C20H23ClN4OS. The Morgan fingerprint density at radius 1 is 1.11 bits per heavy atom. The zero-order chi connectivity index (χ0) is 19.2. The van der Waals surface area contributed by atoms with Gasteiger partial charge in [-0.25, -0.2) is 4.68 Å². The molecule has 0 radical (unpaired) electrons. The van der Waals surface area contributed by atoms with Crippen molar-refractivity contribution in [2.45, 2.75) is 20.1 Å². The Morgan fingerprint density at radius 3 is 2.52 bits per heavy atom. The third kappa shape index (κ3) is 5.42. The average Bonchev–Trinajstić information content (AvgIpc) is 2.91. The summed E-state index contributed by atoms with van der Waals surface area (Å²) >= 11 is 11.5. The molecule has 0 atom stereocenters. The average molecular weight is 403 g/mol. The lowest BCUT2D eigenvalue weighted by Gasteiger charge is -2.16. The smallest absolute Gasteiger partial charge is 0.199 e. The van der Waals surface area contributed by atoms with Gasteiger partial charge in [0.05, 0.1) is 13.2 Å². The quantitative estimate of drug-likeness (QED) is 0.523. The van der Waals surface area contributed by atoms with E-state index in [1.807, 2.05) is 61.1 Å². The first-order valence-corrected chi connectivity index (χ1v) is 9.56. The van der Waals surface area contributed by atoms with Crippen LogP contribution in [0.3, 0.4) is 0 Å². The molecule has 7 heteroatoms. The molecule has 0 aliphatic rings. The van der Waals surface area contributed by atoms with E-state index < -0.39 is 0 Å². The van der Waals surface area contributed by atoms with Crippen molar-refractivity contribution in [3.05, 3.63) is 75.8 Å². The van der Waals surface area contributed by atoms with E-state index in [4.69, 9.17) is 28.6 Å². The van der Waals surface area contributed by atoms with E-state index in [0.29, 0.717) is 18.3 Å². The number of aryl methyl sites for hydroxylation is 1. The van der Waals surface area contributed by atoms with Crippen LogP contribution >= 0.6 is 23.8 Å². The fourth-order valence-corrected chi connectivity index (χ4v) is 3.16. The SMILES string of the molecule is Cc1nn(CN(C)CCOc2ccc(Cl)cc2)c(=S)n1Cc1ccccc1. The molecule has 0 N–H and O–H groups in total. The van der Waals surface area contributed by atoms with Crippen molar-refractivity contribution in [1.82, 2.24) is 19.2 Å². The monoisotopic (exact) mass is 402 g/mol. The van der Waals surface area contributed by atoms with Crippen molar-refractivity contribution >= 4 is 23.8 Å². The fourth-order valence-electron chi connectivity index (χ4n) is 2.74. The van der Waals surface area contributed by atoms with E-state index in [2.05, 4.69) is 26.7 Å². The highest BCUT2D eigenvalue weighted by Crippen LogP contribution is 2.15. The minimum atomic E-state index is 0.579. The van der Waals surface area contributed by atoms with Gasteiger partial charge in [-0.2, -0.15) is 5.10 Å². The largest absolute Gasteiger partial charge is 0.492 e. The Morgan fingerprint density at radius 2 is 1.81 bits per heavy atom. The number of benzene rings is 2. The molecule has 0 unspecified atom stereocenters. The standard InChI is InChI=1S/C20H23ClN4OS/c1-16-22-25(20(27)24(16)14-17-6-4-3-5-7-17)15-23(2)12-13-26-19-10-8-18(21)9-11-19/h3-11H,12-15H2,1-2H3. The maximum absolute atomic E-state index is 5.88. The number of hydrogen-bond donors (Lipinski definition) is 0. The summed E-state index contributed by atoms with van der Waals surface area (Å²) in [6.07, 6.45) is 0. The summed E-state index contributed by atoms with van der Waals surface area (Å²) in [4.78, 5) is 2.13. The zero-order valence-electron chi connectivity index (χ0n) is 15.5. The van der Waals surface area contributed by atoms with Crippen LogP contribution in [0.25, 0.3) is 0 Å². The maximum atomic E-state index is 5.88. The fraction of sp³-hybridized carbons (Fsp3) is 0.300. The molecule has 142 valence electrons. The minimum Gasteiger partial charge on any atom is -0.492 e. The van der Waals surface area contributed by atoms with Crippen LogP contribution in [-0.4, -0.2) is 39.4 Å². The van der Waals surface area contributed by atoms with E-state index in [0.717, 1.165) is 29.4 Å². The lowest BCUT2D eigenvalue weighted by atomic mass is 10.2. The van der Waals surface area contributed by atoms with Crippen LogP contribution in [0.4, 0.5) is 0 Å². The van der Waals surface area contributed by atoms with Gasteiger partial charge in [0.1, 0.15) is 18.2 Å². The van der Waals surface area contributed by atoms with E-state index in [9.17, 15) is 0 Å². The van der Waals surface area contributed by atoms with Gasteiger partial charge in [0.15, 0.2) is 4.77 Å². The molecule has 0 aliphatic carbocycles. The molecule has 3 aromatic rings. The molecule has 2 aromatic carbocycles. The van der Waals surface area contributed by atoms with E-state index in [1.54, 1.807) is 0 Å². The molecule has 0 amide bonds. The van der Waals surface area contributed by atoms with Gasteiger partial charge in [-0.15, -0.1) is 0 Å². The summed E-state index contributed by atoms with van der Waals surface area (Å²) in [5.41, 5.74) is 1.21. The molecule has 3 rings (SSSR count). The van der Waals surface area contributed by atoms with E-state index in [-0.39, 0.29) is 0 Å². The van der Waals surface area contributed by atoms with Crippen LogP contribution in [0, 0.1) is 11.7 Å². The summed E-state index contributed by atoms with van der Waals surface area (Å²) in [5.74, 6) is 1.72. The first-order valence-electron chi connectivity index (χ1n) is 8.78. The Bertz CT molecular complexity index is 921. The van der Waals surface area contributed by atoms with Crippen LogP contribution in [0.2, 0.25) is 5.02 Å². The van der Waals surface area contributed by atoms with Gasteiger partial charge >= 0.3 is 0 Å². The zero-order valence-corrected chi connectivity index (χ0v) is 17.1. The highest BCUT2D eigenvalue weighted by molar-refractivity contribution is 7.71. The van der Waals surface area contributed by atoms with Crippen LogP contribution < -0.4 is 4.74 Å². The number of hydrogen-bond acceptors (Lipinski definition) is 4. The molecule has 27 heavy (non-hydrogen) atoms. The molecule has 0 bridgehead atoms. The van der Waals surface area contributed by atoms with Gasteiger partial charge in [0.25, 0.3) is 0 Å². The van der Waals surface area contributed by atoms with Crippen molar-refractivity contribution in [3.63, 3.8) is 0 Å². The minimum absolute atomic E-state index is 0.579. The third-order valence-corrected chi connectivity index (χ3v) is 4.91. The van der Waals surface area contributed by atoms with Gasteiger partial charge in [0, 0.05) is 11.6 Å². The van der Waals surface area contributed by atoms with E-state index in [1.165, 1.54) is 5.56 Å². The van der Waals surface area contributed by atoms with Crippen LogP contribution in [-0.2, 0) is 13.2 Å². The normalized spacial score (nSPS) is 11.1. The van der Waals surface area contributed by atoms with Gasteiger partial charge < -0.3 is 4.74 Å². The predicted octanol–water partition coefficient (Wildman–Crippen LogP) is 4.39. The maximum Gasteiger partial charge on any atom is 0.199 e. The number of ether oxygens (including phenoxy) is 1. The molecule has 5 nitrogen and oxygen atoms in total. The van der Waals surface area contributed by atoms with Crippen molar-refractivity contribution in [2.24, 2.45) is 0 Å². The first-order chi connectivity index (χ1) is 13.0. The summed E-state index contributed by atoms with van der Waals surface area (Å²) in [7, 11) is 2.03. The topological polar surface area (TPSA) is 35.2 Å². The highest BCUT2D eigenvalue weighted by Gasteiger charge is 2.09. The van der Waals surface area contributed by atoms with Crippen molar-refractivity contribution in [1.29, 1.82) is 0 Å². The Kier molecular flexibility index (Phi) is 6.66. The summed E-state index contributed by atoms with van der Waals surface area (Å²) in [6.45, 7) is 4.67. The lowest BCUT2D eigenvalue weighted by molar-refractivity contribution is 0.197. The molecule has 0 fully saturated rings. The van der Waals surface area contributed by atoms with E-state index >= 15 is 0 Å². The number of rotatable bonds is 8. The van der Waals surface area contributed by atoms with Crippen LogP contribution in [0.15, 0.2) is 54.6 Å². The van der Waals surface area contributed by atoms with Gasteiger partial charge in [-0.1, -0.05) is 41.9 Å². The van der Waals surface area contributed by atoms with Crippen LogP contribution in [0.1, 0.15) is 11.4 Å². The van der Waals surface area contributed by atoms with Crippen molar-refractivity contribution in [3.8, 4) is 5.75 Å². The third-order valence-electron chi connectivity index (χ3n) is 4.22. The molecule has 0 spiro atoms. The number of halogens is 1. The molecule has 1 heterocycles. The summed E-state index contributed by atoms with van der Waals surface area (Å²) < 4.78 is 10.4. The second kappa shape index (κ2) is 9.17. The highest BCUT2D eigenvalue weighted by atomic mass is 35.5. The molecule has 0 saturated carbocycles.